The van der Waals surface area contributed by atoms with Crippen LogP contribution < -0.4 is 5.32 Å². The number of nitrogens with one attached hydrogen (secondary N) is 1. The molecule has 1 aromatic carbocycles. The minimum Gasteiger partial charge on any atom is -0.459 e. The van der Waals surface area contributed by atoms with Crippen molar-refractivity contribution in [2.75, 3.05) is 13.3 Å². The van der Waals surface area contributed by atoms with Gasteiger partial charge in [-0.1, -0.05) is 29.8 Å². The van der Waals surface area contributed by atoms with Gasteiger partial charge in [0, 0.05) is 6.92 Å². The summed E-state index contributed by atoms with van der Waals surface area (Å²) in [5.41, 5.74) is 1.95. The molecule has 0 radical (unpaired) electrons. The van der Waals surface area contributed by atoms with Crippen molar-refractivity contribution < 1.29 is 18.9 Å². The fraction of sp³-hybridized carbons (Fsp3) is 0.429. The molecule has 1 rings (SSSR count). The minimum absolute atomic E-state index is 0.0925. The molecule has 6 heteroatoms. The van der Waals surface area contributed by atoms with Crippen molar-refractivity contribution in [2.45, 2.75) is 26.2 Å². The Hall–Kier alpha value is -1.61. The van der Waals surface area contributed by atoms with E-state index in [1.807, 2.05) is 31.2 Å². The highest BCUT2D eigenvalue weighted by Gasteiger charge is 2.32. The van der Waals surface area contributed by atoms with E-state index in [0.29, 0.717) is 0 Å². The van der Waals surface area contributed by atoms with Crippen LogP contribution in [0.2, 0.25) is 0 Å². The highest BCUT2D eigenvalue weighted by Crippen LogP contribution is 2.41. The molecule has 0 aliphatic carbocycles. The summed E-state index contributed by atoms with van der Waals surface area (Å²) in [5.74, 6) is -2.18. The van der Waals surface area contributed by atoms with E-state index < -0.39 is 24.8 Å². The summed E-state index contributed by atoms with van der Waals surface area (Å²) < 4.78 is 17.2. The van der Waals surface area contributed by atoms with Crippen molar-refractivity contribution in [2.24, 2.45) is 0 Å². The quantitative estimate of drug-likeness (QED) is 0.667. The normalized spacial score (nSPS) is 12.6. The molecular weight excluding hydrogens is 277 g/mol. The van der Waals surface area contributed by atoms with Crippen LogP contribution in [0.3, 0.4) is 0 Å². The third-order valence-corrected chi connectivity index (χ3v) is 4.27. The number of amides is 1. The first-order chi connectivity index (χ1) is 9.20. The molecule has 0 bridgehead atoms. The van der Waals surface area contributed by atoms with Crippen LogP contribution in [0.5, 0.6) is 0 Å². The van der Waals surface area contributed by atoms with Gasteiger partial charge in [-0.05, 0) is 25.8 Å². The maximum Gasteiger partial charge on any atom is 0.336 e. The first-order valence-corrected chi connectivity index (χ1v) is 8.91. The van der Waals surface area contributed by atoms with Crippen LogP contribution in [-0.2, 0) is 25.5 Å². The zero-order valence-corrected chi connectivity index (χ0v) is 13.1. The number of hydrogen-bond acceptors (Lipinski definition) is 4. The topological polar surface area (TPSA) is 72.5 Å². The molecule has 1 N–H and O–H groups in total. The van der Waals surface area contributed by atoms with Gasteiger partial charge in [-0.2, -0.15) is 0 Å². The van der Waals surface area contributed by atoms with E-state index in [-0.39, 0.29) is 6.61 Å². The Morgan fingerprint density at radius 1 is 1.25 bits per heavy atom. The fourth-order valence-corrected chi connectivity index (χ4v) is 2.65. The zero-order valence-electron chi connectivity index (χ0n) is 12.2. The second-order valence-corrected chi connectivity index (χ2v) is 8.52. The molecule has 0 aliphatic heterocycles. The Morgan fingerprint density at radius 3 is 2.25 bits per heavy atom. The number of rotatable bonds is 5. The molecule has 1 atom stereocenters. The second-order valence-electron chi connectivity index (χ2n) is 5.13. The first-order valence-electron chi connectivity index (χ1n) is 6.24. The summed E-state index contributed by atoms with van der Waals surface area (Å²) in [5, 5.41) is 2.39. The highest BCUT2D eigenvalue weighted by molar-refractivity contribution is 7.64. The van der Waals surface area contributed by atoms with Gasteiger partial charge < -0.3 is 14.6 Å². The monoisotopic (exact) mass is 297 g/mol. The Kier molecular flexibility index (Phi) is 5.52. The molecular formula is C14H20NO4P. The number of hydrogen-bond donors (Lipinski definition) is 1. The lowest BCUT2D eigenvalue weighted by atomic mass is 10.2. The Bertz CT molecular complexity index is 533. The van der Waals surface area contributed by atoms with E-state index >= 15 is 0 Å². The van der Waals surface area contributed by atoms with E-state index in [9.17, 15) is 14.2 Å². The predicted molar refractivity (Wildman–Crippen MR) is 78.0 cm³/mol. The summed E-state index contributed by atoms with van der Waals surface area (Å²) in [6.45, 7) is 6.22. The average molecular weight is 297 g/mol. The summed E-state index contributed by atoms with van der Waals surface area (Å²) in [4.78, 5) is 23.0. The summed E-state index contributed by atoms with van der Waals surface area (Å²) in [6.07, 6.45) is 0. The van der Waals surface area contributed by atoms with E-state index in [1.165, 1.54) is 20.3 Å². The number of esters is 1. The number of benzene rings is 1. The Balaban J connectivity index is 2.69. The van der Waals surface area contributed by atoms with Crippen molar-refractivity contribution in [3.8, 4) is 0 Å². The van der Waals surface area contributed by atoms with Crippen molar-refractivity contribution in [1.82, 2.24) is 5.32 Å². The zero-order chi connectivity index (χ0) is 15.3. The fourth-order valence-electron chi connectivity index (χ4n) is 1.58. The molecule has 0 aliphatic rings. The number of ether oxygens (including phenoxy) is 1. The summed E-state index contributed by atoms with van der Waals surface area (Å²) in [6, 6.07) is 7.54. The van der Waals surface area contributed by atoms with Crippen molar-refractivity contribution in [3.05, 3.63) is 35.4 Å². The molecule has 0 fully saturated rings. The van der Waals surface area contributed by atoms with Gasteiger partial charge in [0.25, 0.3) is 0 Å². The lowest BCUT2D eigenvalue weighted by molar-refractivity contribution is -0.146. The second kappa shape index (κ2) is 6.71. The van der Waals surface area contributed by atoms with Gasteiger partial charge in [-0.3, -0.25) is 4.79 Å². The van der Waals surface area contributed by atoms with Crippen LogP contribution in [0.1, 0.15) is 18.1 Å². The average Bonchev–Trinajstić information content (AvgIpc) is 2.33. The van der Waals surface area contributed by atoms with Crippen molar-refractivity contribution in [1.29, 1.82) is 0 Å². The van der Waals surface area contributed by atoms with Gasteiger partial charge in [0.2, 0.25) is 5.91 Å². The van der Waals surface area contributed by atoms with Crippen LogP contribution in [0.4, 0.5) is 0 Å². The van der Waals surface area contributed by atoms with E-state index in [1.54, 1.807) is 0 Å². The van der Waals surface area contributed by atoms with Crippen LogP contribution in [0, 0.1) is 6.92 Å². The van der Waals surface area contributed by atoms with Gasteiger partial charge in [-0.25, -0.2) is 4.79 Å². The molecule has 0 saturated carbocycles. The third-order valence-electron chi connectivity index (χ3n) is 2.69. The molecule has 0 aromatic heterocycles. The maximum atomic E-state index is 12.0. The molecule has 5 nitrogen and oxygen atoms in total. The van der Waals surface area contributed by atoms with E-state index in [4.69, 9.17) is 4.74 Å². The van der Waals surface area contributed by atoms with Gasteiger partial charge in [0.05, 0.1) is 0 Å². The molecule has 0 saturated heterocycles. The minimum atomic E-state index is -2.82. The highest BCUT2D eigenvalue weighted by atomic mass is 31.2. The Labute approximate surface area is 119 Å². The van der Waals surface area contributed by atoms with Crippen LogP contribution in [0.25, 0.3) is 0 Å². The van der Waals surface area contributed by atoms with Gasteiger partial charge in [0.15, 0.2) is 5.78 Å². The standard InChI is InChI=1S/C14H20NO4P/c1-10-5-7-12(8-6-10)9-19-14(17)13(15-11(2)16)20(3,4)18/h5-8,13H,9H2,1-4H3,(H,15,16). The van der Waals surface area contributed by atoms with E-state index in [2.05, 4.69) is 5.32 Å². The lowest BCUT2D eigenvalue weighted by Crippen LogP contribution is -2.40. The maximum absolute atomic E-state index is 12.0. The number of carbonyl (C=O) groups excluding carboxylic acids is 2. The van der Waals surface area contributed by atoms with Gasteiger partial charge in [-0.15, -0.1) is 0 Å². The molecule has 110 valence electrons. The van der Waals surface area contributed by atoms with Gasteiger partial charge >= 0.3 is 5.97 Å². The van der Waals surface area contributed by atoms with Crippen LogP contribution >= 0.6 is 7.14 Å². The molecule has 1 unspecified atom stereocenters. The Morgan fingerprint density at radius 2 is 1.80 bits per heavy atom. The third kappa shape index (κ3) is 5.17. The molecule has 20 heavy (non-hydrogen) atoms. The predicted octanol–water partition coefficient (Wildman–Crippen LogP) is 2.12. The largest absolute Gasteiger partial charge is 0.459 e. The molecule has 1 amide bonds. The summed E-state index contributed by atoms with van der Waals surface area (Å²) >= 11 is 0. The molecule has 1 aromatic rings. The SMILES string of the molecule is CC(=O)NC(C(=O)OCc1ccc(C)cc1)P(C)(C)=O. The van der Waals surface area contributed by atoms with Crippen molar-refractivity contribution in [3.63, 3.8) is 0 Å². The van der Waals surface area contributed by atoms with E-state index in [0.717, 1.165) is 11.1 Å². The lowest BCUT2D eigenvalue weighted by Gasteiger charge is -2.20. The summed E-state index contributed by atoms with van der Waals surface area (Å²) in [7, 11) is -2.82. The van der Waals surface area contributed by atoms with Crippen molar-refractivity contribution >= 4 is 19.0 Å². The van der Waals surface area contributed by atoms with Crippen LogP contribution in [-0.4, -0.2) is 31.0 Å². The first kappa shape index (κ1) is 16.4. The van der Waals surface area contributed by atoms with Crippen LogP contribution in [0.15, 0.2) is 24.3 Å². The smallest absolute Gasteiger partial charge is 0.336 e. The molecule has 0 heterocycles. The number of aryl methyl sites for hydroxylation is 1. The number of carbonyl (C=O) groups is 2. The molecule has 0 spiro atoms. The van der Waals surface area contributed by atoms with Gasteiger partial charge in [0.1, 0.15) is 13.7 Å².